The second-order valence-corrected chi connectivity index (χ2v) is 5.75. The number of carbonyl (C=O) groups excluding carboxylic acids is 1. The predicted molar refractivity (Wildman–Crippen MR) is 69.8 cm³/mol. The molecule has 3 nitrogen and oxygen atoms in total. The number of hydrogen-bond acceptors (Lipinski definition) is 2. The van der Waals surface area contributed by atoms with E-state index in [0.717, 1.165) is 32.4 Å². The zero-order valence-corrected chi connectivity index (χ0v) is 11.7. The molecule has 0 aromatic heterocycles. The van der Waals surface area contributed by atoms with E-state index < -0.39 is 0 Å². The van der Waals surface area contributed by atoms with Crippen molar-refractivity contribution < 1.29 is 9.53 Å². The highest BCUT2D eigenvalue weighted by molar-refractivity contribution is 5.80. The molecule has 3 heteroatoms. The van der Waals surface area contributed by atoms with Crippen LogP contribution in [0.5, 0.6) is 0 Å². The average Bonchev–Trinajstić information content (AvgIpc) is 2.29. The van der Waals surface area contributed by atoms with Crippen molar-refractivity contribution >= 4 is 5.91 Å². The molecule has 1 saturated heterocycles. The van der Waals surface area contributed by atoms with Gasteiger partial charge in [-0.3, -0.25) is 4.79 Å². The molecule has 0 aromatic carbocycles. The summed E-state index contributed by atoms with van der Waals surface area (Å²) in [5, 5.41) is 3.05. The average molecular weight is 241 g/mol. The highest BCUT2D eigenvalue weighted by Crippen LogP contribution is 2.20. The Morgan fingerprint density at radius 3 is 2.35 bits per heavy atom. The maximum absolute atomic E-state index is 11.9. The van der Waals surface area contributed by atoms with Crippen LogP contribution in [0.3, 0.4) is 0 Å². The Morgan fingerprint density at radius 2 is 1.88 bits per heavy atom. The van der Waals surface area contributed by atoms with E-state index in [-0.39, 0.29) is 12.0 Å². The molecule has 0 saturated carbocycles. The van der Waals surface area contributed by atoms with Gasteiger partial charge < -0.3 is 10.1 Å². The molecule has 0 radical (unpaired) electrons. The number of carbonyl (C=O) groups is 1. The minimum atomic E-state index is -0.205. The minimum Gasteiger partial charge on any atom is -0.368 e. The van der Waals surface area contributed by atoms with Crippen LogP contribution in [0.1, 0.15) is 47.0 Å². The maximum atomic E-state index is 11.9. The summed E-state index contributed by atoms with van der Waals surface area (Å²) in [6, 6.07) is 0. The topological polar surface area (TPSA) is 38.3 Å². The zero-order chi connectivity index (χ0) is 12.8. The van der Waals surface area contributed by atoms with Crippen molar-refractivity contribution in [2.45, 2.75) is 53.1 Å². The first-order chi connectivity index (χ1) is 8.02. The summed E-state index contributed by atoms with van der Waals surface area (Å²) in [7, 11) is 0. The van der Waals surface area contributed by atoms with Crippen LogP contribution in [-0.4, -0.2) is 25.2 Å². The molecular weight excluding hydrogens is 214 g/mol. The monoisotopic (exact) mass is 241 g/mol. The van der Waals surface area contributed by atoms with Crippen molar-refractivity contribution in [3.63, 3.8) is 0 Å². The van der Waals surface area contributed by atoms with Crippen LogP contribution in [0, 0.1) is 17.8 Å². The second-order valence-electron chi connectivity index (χ2n) is 5.75. The third-order valence-electron chi connectivity index (χ3n) is 3.70. The number of rotatable bonds is 5. The molecule has 100 valence electrons. The summed E-state index contributed by atoms with van der Waals surface area (Å²) < 4.78 is 5.48. The van der Waals surface area contributed by atoms with Crippen LogP contribution in [0.15, 0.2) is 0 Å². The highest BCUT2D eigenvalue weighted by atomic mass is 16.5. The van der Waals surface area contributed by atoms with Gasteiger partial charge in [-0.05, 0) is 37.0 Å². The number of amides is 1. The quantitative estimate of drug-likeness (QED) is 0.803. The molecule has 1 fully saturated rings. The van der Waals surface area contributed by atoms with Crippen LogP contribution in [0.4, 0.5) is 0 Å². The van der Waals surface area contributed by atoms with Crippen LogP contribution in [-0.2, 0) is 9.53 Å². The number of ether oxygens (including phenoxy) is 1. The van der Waals surface area contributed by atoms with E-state index in [1.807, 2.05) is 0 Å². The van der Waals surface area contributed by atoms with Gasteiger partial charge >= 0.3 is 0 Å². The van der Waals surface area contributed by atoms with Gasteiger partial charge in [0.25, 0.3) is 0 Å². The van der Waals surface area contributed by atoms with E-state index in [1.54, 1.807) is 0 Å². The van der Waals surface area contributed by atoms with Crippen molar-refractivity contribution in [2.24, 2.45) is 17.8 Å². The van der Waals surface area contributed by atoms with Crippen molar-refractivity contribution in [2.75, 3.05) is 13.2 Å². The first kappa shape index (κ1) is 14.5. The van der Waals surface area contributed by atoms with Gasteiger partial charge in [-0.25, -0.2) is 0 Å². The molecule has 1 aliphatic heterocycles. The lowest BCUT2D eigenvalue weighted by atomic mass is 9.85. The Hall–Kier alpha value is -0.570. The fourth-order valence-corrected chi connectivity index (χ4v) is 2.52. The summed E-state index contributed by atoms with van der Waals surface area (Å²) in [6.07, 6.45) is 2.86. The third-order valence-corrected chi connectivity index (χ3v) is 3.70. The fraction of sp³-hybridized carbons (Fsp3) is 0.929. The van der Waals surface area contributed by atoms with E-state index in [9.17, 15) is 4.79 Å². The lowest BCUT2D eigenvalue weighted by molar-refractivity contribution is -0.135. The Morgan fingerprint density at radius 1 is 1.24 bits per heavy atom. The second kappa shape index (κ2) is 7.00. The van der Waals surface area contributed by atoms with Crippen molar-refractivity contribution in [1.82, 2.24) is 5.32 Å². The SMILES string of the molecule is CC(C)C(CNC(=O)C1CCCCO1)C(C)C. The standard InChI is InChI=1S/C14H27NO2/c1-10(2)12(11(3)4)9-15-14(16)13-7-5-6-8-17-13/h10-13H,5-9H2,1-4H3,(H,15,16). The van der Waals surface area contributed by atoms with Crippen LogP contribution >= 0.6 is 0 Å². The van der Waals surface area contributed by atoms with Gasteiger partial charge in [0.1, 0.15) is 6.10 Å². The molecule has 0 aromatic rings. The van der Waals surface area contributed by atoms with Gasteiger partial charge in [-0.1, -0.05) is 27.7 Å². The first-order valence-electron chi connectivity index (χ1n) is 6.91. The van der Waals surface area contributed by atoms with Gasteiger partial charge in [-0.2, -0.15) is 0 Å². The summed E-state index contributed by atoms with van der Waals surface area (Å²) in [6.45, 7) is 10.4. The van der Waals surface area contributed by atoms with E-state index in [4.69, 9.17) is 4.74 Å². The van der Waals surface area contributed by atoms with E-state index in [2.05, 4.69) is 33.0 Å². The fourth-order valence-electron chi connectivity index (χ4n) is 2.52. The first-order valence-corrected chi connectivity index (χ1v) is 6.91. The molecule has 1 rings (SSSR count). The molecule has 0 spiro atoms. The van der Waals surface area contributed by atoms with Crippen LogP contribution in [0.2, 0.25) is 0 Å². The highest BCUT2D eigenvalue weighted by Gasteiger charge is 2.24. The maximum Gasteiger partial charge on any atom is 0.249 e. The van der Waals surface area contributed by atoms with Crippen molar-refractivity contribution in [1.29, 1.82) is 0 Å². The molecule has 1 atom stereocenters. The Labute approximate surface area is 105 Å². The largest absolute Gasteiger partial charge is 0.368 e. The van der Waals surface area contributed by atoms with E-state index in [1.165, 1.54) is 0 Å². The molecular formula is C14H27NO2. The van der Waals surface area contributed by atoms with E-state index >= 15 is 0 Å². The smallest absolute Gasteiger partial charge is 0.249 e. The minimum absolute atomic E-state index is 0.0796. The van der Waals surface area contributed by atoms with Gasteiger partial charge in [0.2, 0.25) is 5.91 Å². The van der Waals surface area contributed by atoms with Gasteiger partial charge in [0.05, 0.1) is 0 Å². The Kier molecular flexibility index (Phi) is 5.96. The molecule has 1 aliphatic rings. The molecule has 1 N–H and O–H groups in total. The lowest BCUT2D eigenvalue weighted by Crippen LogP contribution is -2.42. The zero-order valence-electron chi connectivity index (χ0n) is 11.7. The van der Waals surface area contributed by atoms with Crippen molar-refractivity contribution in [3.05, 3.63) is 0 Å². The molecule has 0 bridgehead atoms. The molecule has 1 unspecified atom stereocenters. The van der Waals surface area contributed by atoms with Gasteiger partial charge in [-0.15, -0.1) is 0 Å². The molecule has 0 aliphatic carbocycles. The van der Waals surface area contributed by atoms with Gasteiger partial charge in [0, 0.05) is 13.2 Å². The normalized spacial score (nSPS) is 21.2. The Balaban J connectivity index is 2.35. The van der Waals surface area contributed by atoms with Gasteiger partial charge in [0.15, 0.2) is 0 Å². The van der Waals surface area contributed by atoms with Crippen LogP contribution < -0.4 is 5.32 Å². The molecule has 17 heavy (non-hydrogen) atoms. The summed E-state index contributed by atoms with van der Waals surface area (Å²) >= 11 is 0. The Bertz CT molecular complexity index is 224. The molecule has 1 amide bonds. The summed E-state index contributed by atoms with van der Waals surface area (Å²) in [5.74, 6) is 1.82. The van der Waals surface area contributed by atoms with E-state index in [0.29, 0.717) is 17.8 Å². The summed E-state index contributed by atoms with van der Waals surface area (Å²) in [4.78, 5) is 11.9. The number of nitrogens with one attached hydrogen (secondary N) is 1. The third kappa shape index (κ3) is 4.66. The predicted octanol–water partition coefficient (Wildman–Crippen LogP) is 2.60. The number of hydrogen-bond donors (Lipinski definition) is 1. The molecule has 1 heterocycles. The van der Waals surface area contributed by atoms with Crippen molar-refractivity contribution in [3.8, 4) is 0 Å². The lowest BCUT2D eigenvalue weighted by Gasteiger charge is -2.27. The summed E-state index contributed by atoms with van der Waals surface area (Å²) in [5.41, 5.74) is 0. The van der Waals surface area contributed by atoms with Crippen LogP contribution in [0.25, 0.3) is 0 Å².